The van der Waals surface area contributed by atoms with E-state index in [4.69, 9.17) is 9.84 Å². The van der Waals surface area contributed by atoms with Gasteiger partial charge in [0.05, 0.1) is 12.9 Å². The lowest BCUT2D eigenvalue weighted by Crippen LogP contribution is -2.56. The van der Waals surface area contributed by atoms with Gasteiger partial charge in [0.15, 0.2) is 17.4 Å². The molecule has 0 bridgehead atoms. The Balaban J connectivity index is 1.93. The maximum Gasteiger partial charge on any atom is 0.176 e. The van der Waals surface area contributed by atoms with Crippen LogP contribution in [-0.4, -0.2) is 89.2 Å². The van der Waals surface area contributed by atoms with E-state index in [-0.39, 0.29) is 12.5 Å². The molecule has 3 rings (SSSR count). The highest BCUT2D eigenvalue weighted by molar-refractivity contribution is 5.68. The van der Waals surface area contributed by atoms with Crippen LogP contribution in [0.25, 0.3) is 11.2 Å². The minimum absolute atomic E-state index is 0.0916. The second-order valence-corrected chi connectivity index (χ2v) is 6.75. The zero-order valence-corrected chi connectivity index (χ0v) is 14.9. The van der Waals surface area contributed by atoms with Crippen LogP contribution in [0.15, 0.2) is 17.6 Å². The first-order valence-corrected chi connectivity index (χ1v) is 8.80. The van der Waals surface area contributed by atoms with Crippen LogP contribution in [0.5, 0.6) is 0 Å². The van der Waals surface area contributed by atoms with Crippen LogP contribution in [-0.2, 0) is 4.74 Å². The highest BCUT2D eigenvalue weighted by Gasteiger charge is 2.44. The number of rotatable bonds is 6. The number of aromatic nitrogens is 4. The quantitative estimate of drug-likeness (QED) is 0.322. The molecule has 27 heavy (non-hydrogen) atoms. The van der Waals surface area contributed by atoms with Gasteiger partial charge in [-0.3, -0.25) is 9.56 Å². The van der Waals surface area contributed by atoms with Crippen molar-refractivity contribution in [2.24, 2.45) is 10.9 Å². The van der Waals surface area contributed by atoms with Crippen LogP contribution in [0.3, 0.4) is 0 Å². The monoisotopic (exact) mass is 383 g/mol. The highest BCUT2D eigenvalue weighted by Crippen LogP contribution is 2.29. The van der Waals surface area contributed by atoms with Gasteiger partial charge in [-0.05, 0) is 12.3 Å². The number of aromatic amines is 1. The van der Waals surface area contributed by atoms with Crippen molar-refractivity contribution >= 4 is 11.2 Å². The maximum atomic E-state index is 10.3. The van der Waals surface area contributed by atoms with E-state index in [2.05, 4.69) is 19.9 Å². The summed E-state index contributed by atoms with van der Waals surface area (Å²) in [7, 11) is 0. The molecule has 2 unspecified atom stereocenters. The standard InChI is InChI=1S/C16H25N5O6/c1-8(4-22)2-3-17-14-10-15(19-6-18-10)21(7-20-14)16-13(26)12(25)11(24)9(5-23)27-16/h6-9,11-13,16,22-26H,2-5H2,1H3,(H,18,19)/t8?,9-,11-,12+,13-,16?/m1/s1. The maximum absolute atomic E-state index is 10.3. The lowest BCUT2D eigenvalue weighted by atomic mass is 9.98. The summed E-state index contributed by atoms with van der Waals surface area (Å²) in [6, 6.07) is 0. The topological polar surface area (TPSA) is 169 Å². The second-order valence-electron chi connectivity index (χ2n) is 6.75. The van der Waals surface area contributed by atoms with Crippen molar-refractivity contribution in [2.75, 3.05) is 19.8 Å². The summed E-state index contributed by atoms with van der Waals surface area (Å²) in [5.74, 6) is 0.133. The molecular formula is C16H25N5O6. The molecule has 6 N–H and O–H groups in total. The first-order chi connectivity index (χ1) is 13.0. The number of H-pyrrole nitrogens is 1. The van der Waals surface area contributed by atoms with Crippen molar-refractivity contribution in [3.8, 4) is 0 Å². The van der Waals surface area contributed by atoms with Crippen molar-refractivity contribution in [3.63, 3.8) is 0 Å². The van der Waals surface area contributed by atoms with E-state index in [1.807, 2.05) is 6.92 Å². The van der Waals surface area contributed by atoms with E-state index in [9.17, 15) is 20.4 Å². The Hall–Kier alpha value is -1.89. The molecule has 1 aliphatic rings. The Bertz CT molecular complexity index is 821. The summed E-state index contributed by atoms with van der Waals surface area (Å²) >= 11 is 0. The van der Waals surface area contributed by atoms with E-state index in [0.717, 1.165) is 0 Å². The fourth-order valence-electron chi connectivity index (χ4n) is 2.98. The minimum atomic E-state index is -1.49. The van der Waals surface area contributed by atoms with Crippen LogP contribution in [0.1, 0.15) is 19.6 Å². The SMILES string of the molecule is CC(CO)CCN=c1ncn(C2O[C@H](CO)[C@@H](O)[C@H](O)[C@H]2O)c2nc[nH]c12. The van der Waals surface area contributed by atoms with Gasteiger partial charge in [0.2, 0.25) is 0 Å². The molecule has 3 heterocycles. The molecule has 0 radical (unpaired) electrons. The summed E-state index contributed by atoms with van der Waals surface area (Å²) in [5, 5.41) is 48.7. The average Bonchev–Trinajstić information content (AvgIpc) is 3.17. The molecule has 0 aromatic carbocycles. The molecule has 2 aromatic heterocycles. The number of aliphatic hydroxyl groups is 5. The predicted octanol–water partition coefficient (Wildman–Crippen LogP) is -2.35. The molecule has 0 amide bonds. The third-order valence-electron chi connectivity index (χ3n) is 4.73. The molecule has 0 saturated carbocycles. The minimum Gasteiger partial charge on any atom is -0.396 e. The summed E-state index contributed by atoms with van der Waals surface area (Å²) in [4.78, 5) is 15.8. The summed E-state index contributed by atoms with van der Waals surface area (Å²) in [6.07, 6.45) is -2.97. The predicted molar refractivity (Wildman–Crippen MR) is 92.2 cm³/mol. The van der Waals surface area contributed by atoms with Crippen molar-refractivity contribution < 1.29 is 30.3 Å². The number of aliphatic hydroxyl groups excluding tert-OH is 5. The van der Waals surface area contributed by atoms with Gasteiger partial charge in [0.25, 0.3) is 0 Å². The van der Waals surface area contributed by atoms with Crippen LogP contribution < -0.4 is 5.49 Å². The first kappa shape index (κ1) is 19.9. The lowest BCUT2D eigenvalue weighted by molar-refractivity contribution is -0.250. The number of ether oxygens (including phenoxy) is 1. The zero-order valence-electron chi connectivity index (χ0n) is 14.9. The Morgan fingerprint density at radius 2 is 2.00 bits per heavy atom. The van der Waals surface area contributed by atoms with E-state index >= 15 is 0 Å². The molecule has 11 nitrogen and oxygen atoms in total. The number of hydrogen-bond acceptors (Lipinski definition) is 9. The van der Waals surface area contributed by atoms with E-state index in [0.29, 0.717) is 29.6 Å². The number of fused-ring (bicyclic) bond motifs is 1. The van der Waals surface area contributed by atoms with Crippen LogP contribution in [0.2, 0.25) is 0 Å². The van der Waals surface area contributed by atoms with Gasteiger partial charge in [-0.1, -0.05) is 6.92 Å². The Kier molecular flexibility index (Phi) is 6.19. The number of hydrogen-bond donors (Lipinski definition) is 6. The smallest absolute Gasteiger partial charge is 0.176 e. The zero-order chi connectivity index (χ0) is 19.6. The summed E-state index contributed by atoms with van der Waals surface area (Å²) in [5.41, 5.74) is 1.34. The van der Waals surface area contributed by atoms with Crippen LogP contribution in [0.4, 0.5) is 0 Å². The fourth-order valence-corrected chi connectivity index (χ4v) is 2.98. The van der Waals surface area contributed by atoms with Gasteiger partial charge in [-0.25, -0.2) is 9.97 Å². The van der Waals surface area contributed by atoms with Crippen LogP contribution >= 0.6 is 0 Å². The third-order valence-corrected chi connectivity index (χ3v) is 4.73. The van der Waals surface area contributed by atoms with E-state index < -0.39 is 37.3 Å². The molecule has 6 atom stereocenters. The largest absolute Gasteiger partial charge is 0.396 e. The highest BCUT2D eigenvalue weighted by atomic mass is 16.6. The van der Waals surface area contributed by atoms with Gasteiger partial charge in [0.1, 0.15) is 36.3 Å². The van der Waals surface area contributed by atoms with Gasteiger partial charge in [-0.15, -0.1) is 0 Å². The van der Waals surface area contributed by atoms with Crippen LogP contribution in [0, 0.1) is 5.92 Å². The Morgan fingerprint density at radius 1 is 1.22 bits per heavy atom. The van der Waals surface area contributed by atoms with Crippen molar-refractivity contribution in [3.05, 3.63) is 18.1 Å². The Labute approximate surface area is 154 Å². The Morgan fingerprint density at radius 3 is 2.70 bits per heavy atom. The van der Waals surface area contributed by atoms with Gasteiger partial charge in [0, 0.05) is 13.2 Å². The molecular weight excluding hydrogens is 358 g/mol. The fraction of sp³-hybridized carbons (Fsp3) is 0.688. The van der Waals surface area contributed by atoms with Gasteiger partial charge < -0.3 is 35.3 Å². The molecule has 0 spiro atoms. The lowest BCUT2D eigenvalue weighted by Gasteiger charge is -2.40. The molecule has 1 fully saturated rings. The molecule has 0 aliphatic carbocycles. The van der Waals surface area contributed by atoms with Gasteiger partial charge in [-0.2, -0.15) is 0 Å². The molecule has 11 heteroatoms. The number of nitrogens with one attached hydrogen (secondary N) is 1. The number of nitrogens with zero attached hydrogens (tertiary/aromatic N) is 4. The summed E-state index contributed by atoms with van der Waals surface area (Å²) < 4.78 is 6.98. The van der Waals surface area contributed by atoms with E-state index in [1.165, 1.54) is 17.2 Å². The number of imidazole rings is 1. The van der Waals surface area contributed by atoms with Crippen molar-refractivity contribution in [1.29, 1.82) is 0 Å². The molecule has 150 valence electrons. The van der Waals surface area contributed by atoms with E-state index in [1.54, 1.807) is 0 Å². The first-order valence-electron chi connectivity index (χ1n) is 8.80. The summed E-state index contributed by atoms with van der Waals surface area (Å²) in [6.45, 7) is 1.98. The molecule has 1 aliphatic heterocycles. The van der Waals surface area contributed by atoms with Crippen molar-refractivity contribution in [2.45, 2.75) is 44.0 Å². The molecule has 2 aromatic rings. The third kappa shape index (κ3) is 3.88. The van der Waals surface area contributed by atoms with Crippen molar-refractivity contribution in [1.82, 2.24) is 19.5 Å². The normalized spacial score (nSPS) is 30.7. The second kappa shape index (κ2) is 8.42. The van der Waals surface area contributed by atoms with Gasteiger partial charge >= 0.3 is 0 Å². The average molecular weight is 383 g/mol. The molecule has 1 saturated heterocycles.